The number of ether oxygens (including phenoxy) is 7. The number of ketones is 3. The minimum Gasteiger partial charge on any atom is -0.486 e. The number of nitrogens with zero attached hydrogens (tertiary/aromatic N) is 1. The summed E-state index contributed by atoms with van der Waals surface area (Å²) in [6.45, 7) is 18.2. The molecule has 1 saturated heterocycles. The zero-order chi connectivity index (χ0) is 63.3. The van der Waals surface area contributed by atoms with E-state index in [1.54, 1.807) is 55.5 Å². The molecule has 5 amide bonds. The van der Waals surface area contributed by atoms with Crippen LogP contribution in [0.4, 0.5) is 20.2 Å². The molecule has 476 valence electrons. The van der Waals surface area contributed by atoms with E-state index >= 15 is 8.78 Å². The predicted molar refractivity (Wildman–Crippen MR) is 317 cm³/mol. The summed E-state index contributed by atoms with van der Waals surface area (Å²) in [5.74, 6) is -4.73. The summed E-state index contributed by atoms with van der Waals surface area (Å²) in [7, 11) is 0. The van der Waals surface area contributed by atoms with Crippen molar-refractivity contribution in [2.45, 2.75) is 149 Å². The van der Waals surface area contributed by atoms with Gasteiger partial charge in [-0.25, -0.2) is 13.7 Å². The molecule has 0 aromatic heterocycles. The minimum atomic E-state index is -2.31. The summed E-state index contributed by atoms with van der Waals surface area (Å²) in [4.78, 5) is 101. The Hall–Kier alpha value is -6.40. The first-order valence-electron chi connectivity index (χ1n) is 30.3. The predicted octanol–water partition coefficient (Wildman–Crippen LogP) is 6.79. The van der Waals surface area contributed by atoms with Crippen molar-refractivity contribution < 1.29 is 85.4 Å². The van der Waals surface area contributed by atoms with Gasteiger partial charge in [0.15, 0.2) is 29.1 Å². The topological polar surface area (TPSA) is 261 Å². The van der Waals surface area contributed by atoms with Gasteiger partial charge in [0, 0.05) is 67.0 Å². The van der Waals surface area contributed by atoms with E-state index < -0.39 is 88.7 Å². The fraction of sp³-hybridized carbons (Fsp3) is 0.600. The average Bonchev–Trinajstić information content (AvgIpc) is 1.60. The first kappa shape index (κ1) is 68.1. The van der Waals surface area contributed by atoms with Crippen LogP contribution < -0.4 is 25.6 Å². The van der Waals surface area contributed by atoms with Gasteiger partial charge in [-0.1, -0.05) is 66.2 Å². The lowest BCUT2D eigenvalue weighted by Crippen LogP contribution is -2.71. The second-order valence-electron chi connectivity index (χ2n) is 24.0. The Balaban J connectivity index is 0.000000288. The van der Waals surface area contributed by atoms with Gasteiger partial charge in [-0.3, -0.25) is 38.4 Å². The van der Waals surface area contributed by atoms with Crippen molar-refractivity contribution in [2.24, 2.45) is 34.5 Å². The SMILES string of the molecule is CCCC1O[C@@H]2C[C@H]3[C@@H]4C[C@H](F)C5=CC(=O)C=C[C@]5(C)[C@@]4(F)[C@@H](O)C[C@]3(C)[C@]2(C(=O)COc2ccc(NC(=O)[C@H](C)CC(=O)[C@@H](NC(C)=O)C(C)C)cc2)O1.CCCOCCOCCOCCOCCNC(=O)Cc1ccc(N2C(=O)C=CC2=O)cc1. The molecule has 12 atom stereocenters. The fourth-order valence-corrected chi connectivity index (χ4v) is 13.2. The van der Waals surface area contributed by atoms with Gasteiger partial charge in [0.2, 0.25) is 23.5 Å². The number of halogens is 2. The maximum absolute atomic E-state index is 17.8. The number of nitrogens with one attached hydrogen (secondary N) is 3. The van der Waals surface area contributed by atoms with Gasteiger partial charge in [0.1, 0.15) is 18.5 Å². The van der Waals surface area contributed by atoms with Crippen LogP contribution in [0.15, 0.2) is 84.5 Å². The molecular formula is C65H86F2N4O16. The van der Waals surface area contributed by atoms with E-state index in [0.29, 0.717) is 82.8 Å². The third kappa shape index (κ3) is 15.4. The Labute approximate surface area is 507 Å². The maximum Gasteiger partial charge on any atom is 0.258 e. The Bertz CT molecular complexity index is 2870. The number of carbonyl (C=O) groups excluding carboxylic acids is 8. The number of fused-ring (bicyclic) bond motifs is 7. The number of aliphatic hydroxyl groups is 1. The van der Waals surface area contributed by atoms with Crippen LogP contribution in [0, 0.1) is 34.5 Å². The van der Waals surface area contributed by atoms with E-state index in [2.05, 4.69) is 22.9 Å². The zero-order valence-electron chi connectivity index (χ0n) is 51.2. The summed E-state index contributed by atoms with van der Waals surface area (Å²) >= 11 is 0. The Morgan fingerprint density at radius 1 is 0.805 bits per heavy atom. The second kappa shape index (κ2) is 30.2. The molecule has 2 aromatic carbocycles. The number of benzene rings is 2. The van der Waals surface area contributed by atoms with Crippen LogP contribution in [0.2, 0.25) is 0 Å². The molecule has 3 saturated carbocycles. The molecule has 22 heteroatoms. The molecule has 0 spiro atoms. The van der Waals surface area contributed by atoms with Crippen LogP contribution >= 0.6 is 0 Å². The van der Waals surface area contributed by atoms with Crippen LogP contribution in [-0.2, 0) is 73.2 Å². The van der Waals surface area contributed by atoms with Crippen LogP contribution in [0.3, 0.4) is 0 Å². The number of alkyl halides is 2. The Morgan fingerprint density at radius 3 is 2.02 bits per heavy atom. The van der Waals surface area contributed by atoms with Crippen molar-refractivity contribution in [3.05, 3.63) is 90.0 Å². The van der Waals surface area contributed by atoms with Gasteiger partial charge in [-0.05, 0) is 111 Å². The van der Waals surface area contributed by atoms with E-state index in [9.17, 15) is 43.5 Å². The van der Waals surface area contributed by atoms with E-state index in [1.807, 2.05) is 27.7 Å². The van der Waals surface area contributed by atoms with Crippen molar-refractivity contribution in [1.29, 1.82) is 0 Å². The van der Waals surface area contributed by atoms with Crippen molar-refractivity contribution in [2.75, 3.05) is 76.2 Å². The number of imide groups is 1. The maximum atomic E-state index is 17.8. The summed E-state index contributed by atoms with van der Waals surface area (Å²) in [5.41, 5.74) is -4.86. The van der Waals surface area contributed by atoms with Gasteiger partial charge in [0.05, 0.1) is 76.6 Å². The molecule has 0 bridgehead atoms. The lowest BCUT2D eigenvalue weighted by Gasteiger charge is -2.63. The number of hydrogen-bond donors (Lipinski definition) is 4. The van der Waals surface area contributed by atoms with E-state index in [-0.39, 0.29) is 78.9 Å². The van der Waals surface area contributed by atoms with Crippen LogP contribution in [0.5, 0.6) is 5.75 Å². The normalized spacial score (nSPS) is 28.3. The summed E-state index contributed by atoms with van der Waals surface area (Å²) in [6.07, 6.45) is 3.74. The van der Waals surface area contributed by atoms with Crippen LogP contribution in [0.25, 0.3) is 0 Å². The largest absolute Gasteiger partial charge is 0.486 e. The van der Waals surface area contributed by atoms with E-state index in [4.69, 9.17) is 33.2 Å². The molecule has 1 unspecified atom stereocenters. The molecule has 87 heavy (non-hydrogen) atoms. The van der Waals surface area contributed by atoms with Gasteiger partial charge in [-0.2, -0.15) is 0 Å². The smallest absolute Gasteiger partial charge is 0.258 e. The number of aliphatic hydroxyl groups excluding tert-OH is 1. The summed E-state index contributed by atoms with van der Waals surface area (Å²) < 4.78 is 74.2. The van der Waals surface area contributed by atoms with Crippen LogP contribution in [-0.4, -0.2) is 160 Å². The molecule has 8 rings (SSSR count). The first-order chi connectivity index (χ1) is 41.4. The number of amides is 5. The number of hydrogen-bond acceptors (Lipinski definition) is 16. The molecule has 2 heterocycles. The first-order valence-corrected chi connectivity index (χ1v) is 30.3. The Kier molecular flexibility index (Phi) is 23.6. The number of Topliss-reactive ketones (excluding diaryl/α,β-unsaturated/α-hetero) is 2. The molecule has 4 aliphatic carbocycles. The van der Waals surface area contributed by atoms with E-state index in [0.717, 1.165) is 29.6 Å². The summed E-state index contributed by atoms with van der Waals surface area (Å²) in [6, 6.07) is 12.4. The molecule has 6 aliphatic rings. The number of allylic oxidation sites excluding steroid dienone is 4. The lowest BCUT2D eigenvalue weighted by molar-refractivity contribution is -0.234. The van der Waals surface area contributed by atoms with Crippen molar-refractivity contribution in [3.63, 3.8) is 0 Å². The Morgan fingerprint density at radius 2 is 1.43 bits per heavy atom. The van der Waals surface area contributed by atoms with E-state index in [1.165, 1.54) is 38.2 Å². The fourth-order valence-electron chi connectivity index (χ4n) is 13.2. The van der Waals surface area contributed by atoms with Crippen LogP contribution in [0.1, 0.15) is 106 Å². The number of carbonyl (C=O) groups is 8. The van der Waals surface area contributed by atoms with Crippen molar-refractivity contribution in [3.8, 4) is 5.75 Å². The average molecular weight is 1220 g/mol. The second-order valence-corrected chi connectivity index (χ2v) is 24.0. The van der Waals surface area contributed by atoms with Gasteiger partial charge < -0.3 is 54.2 Å². The molecule has 0 radical (unpaired) electrons. The third-order valence-corrected chi connectivity index (χ3v) is 17.6. The molecule has 2 aromatic rings. The standard InChI is InChI=1S/C42H54F2N2O9.C23H32N2O7/c1-8-9-36-54-35-19-28-29-18-31(43)30-17-26(48)14-15-39(30,6)41(29,44)33(50)20-40(28,7)42(35,55-36)34(51)21-53-27-12-10-25(11-13-27)46-38(52)23(4)16-32(49)37(22(2)3)45-24(5)47;1-2-10-29-12-14-31-16-17-32-15-13-30-11-9-24-21(26)18-19-3-5-20(6-4-19)25-22(27)7-8-23(25)28/h10-15,17,22-23,28-29,31,33,35-37,50H,8-9,16,18-21H2,1-7H3,(H,45,47)(H,46,52);3-8H,2,9-18H2,1H3,(H,24,26)/t23-,28+,29+,31+,33+,35-,36?,37+,39+,40+,41+,42-;/m1./s1. The molecule has 20 nitrogen and oxygen atoms in total. The number of anilines is 2. The van der Waals surface area contributed by atoms with Crippen molar-refractivity contribution >= 4 is 58.3 Å². The summed E-state index contributed by atoms with van der Waals surface area (Å²) in [5, 5.41) is 20.1. The quantitative estimate of drug-likeness (QED) is 0.0464. The highest BCUT2D eigenvalue weighted by atomic mass is 19.1. The van der Waals surface area contributed by atoms with Gasteiger partial charge in [-0.15, -0.1) is 0 Å². The highest BCUT2D eigenvalue weighted by molar-refractivity contribution is 6.28. The van der Waals surface area contributed by atoms with Gasteiger partial charge in [0.25, 0.3) is 11.8 Å². The molecule has 4 fully saturated rings. The van der Waals surface area contributed by atoms with Crippen molar-refractivity contribution in [1.82, 2.24) is 10.6 Å². The lowest BCUT2D eigenvalue weighted by atomic mass is 9.44. The molecule has 4 N–H and O–H groups in total. The monoisotopic (exact) mass is 1220 g/mol. The number of rotatable bonds is 30. The molecular weight excluding hydrogens is 1130 g/mol. The molecule has 2 aliphatic heterocycles. The third-order valence-electron chi connectivity index (χ3n) is 17.6. The van der Waals surface area contributed by atoms with Gasteiger partial charge >= 0.3 is 0 Å². The highest BCUT2D eigenvalue weighted by Crippen LogP contribution is 2.72. The minimum absolute atomic E-state index is 0.0305. The zero-order valence-corrected chi connectivity index (χ0v) is 51.2. The highest BCUT2D eigenvalue weighted by Gasteiger charge is 2.80.